The van der Waals surface area contributed by atoms with Crippen molar-refractivity contribution in [2.75, 3.05) is 44.7 Å². The molecule has 1 aromatic rings. The number of hydrogen-bond donors (Lipinski definition) is 1. The molecule has 8 heteroatoms. The van der Waals surface area contributed by atoms with Crippen molar-refractivity contribution in [2.45, 2.75) is 6.42 Å². The Balaban J connectivity index is 2.56. The third kappa shape index (κ3) is 4.77. The number of carbonyl (C=O) groups is 2. The first-order valence-electron chi connectivity index (χ1n) is 8.61. The van der Waals surface area contributed by atoms with Crippen molar-refractivity contribution in [3.05, 3.63) is 59.7 Å². The molecule has 0 saturated heterocycles. The highest BCUT2D eigenvalue weighted by molar-refractivity contribution is 6.06. The summed E-state index contributed by atoms with van der Waals surface area (Å²) >= 11 is 0. The minimum atomic E-state index is -0.758. The van der Waals surface area contributed by atoms with E-state index in [0.717, 1.165) is 0 Å². The Bertz CT molecular complexity index is 817. The third-order valence-corrected chi connectivity index (χ3v) is 3.97. The average Bonchev–Trinajstić information content (AvgIpc) is 2.93. The second-order valence-electron chi connectivity index (χ2n) is 5.72. The van der Waals surface area contributed by atoms with Crippen molar-refractivity contribution in [3.8, 4) is 0 Å². The van der Waals surface area contributed by atoms with Crippen LogP contribution in [0.15, 0.2) is 53.9 Å². The molecule has 0 saturated carbocycles. The molecule has 150 valence electrons. The quantitative estimate of drug-likeness (QED) is 0.540. The molecule has 0 atom stereocenters. The van der Waals surface area contributed by atoms with Gasteiger partial charge in [-0.3, -0.25) is 0 Å². The van der Waals surface area contributed by atoms with E-state index in [2.05, 4.69) is 5.32 Å². The van der Waals surface area contributed by atoms with Crippen molar-refractivity contribution in [1.29, 1.82) is 0 Å². The highest BCUT2D eigenvalue weighted by atomic mass is 19.1. The van der Waals surface area contributed by atoms with E-state index in [0.29, 0.717) is 25.3 Å². The van der Waals surface area contributed by atoms with Crippen LogP contribution in [0.25, 0.3) is 0 Å². The second-order valence-corrected chi connectivity index (χ2v) is 5.72. The fourth-order valence-corrected chi connectivity index (χ4v) is 2.67. The fraction of sp³-hybridized carbons (Fsp3) is 0.300. The SMILES string of the molecule is COCCCNc1c(F)cccc1N1C=CC=CC(C(=O)OC)=C1C(=O)OC. The number of esters is 2. The van der Waals surface area contributed by atoms with E-state index in [-0.39, 0.29) is 17.0 Å². The highest BCUT2D eigenvalue weighted by Crippen LogP contribution is 2.34. The molecule has 28 heavy (non-hydrogen) atoms. The molecule has 1 heterocycles. The summed E-state index contributed by atoms with van der Waals surface area (Å²) in [6, 6.07) is 4.46. The number of allylic oxidation sites excluding steroid dienone is 2. The van der Waals surface area contributed by atoms with Gasteiger partial charge in [-0.1, -0.05) is 12.1 Å². The van der Waals surface area contributed by atoms with Crippen LogP contribution in [0.3, 0.4) is 0 Å². The summed E-state index contributed by atoms with van der Waals surface area (Å²) in [4.78, 5) is 26.1. The van der Waals surface area contributed by atoms with Gasteiger partial charge in [0.05, 0.1) is 31.2 Å². The van der Waals surface area contributed by atoms with Crippen molar-refractivity contribution in [2.24, 2.45) is 0 Å². The number of halogens is 1. The first-order chi connectivity index (χ1) is 13.5. The van der Waals surface area contributed by atoms with Crippen molar-refractivity contribution >= 4 is 23.3 Å². The number of anilines is 2. The van der Waals surface area contributed by atoms with Gasteiger partial charge in [-0.2, -0.15) is 0 Å². The molecule has 0 aliphatic carbocycles. The molecule has 0 unspecified atom stereocenters. The van der Waals surface area contributed by atoms with Gasteiger partial charge in [0.1, 0.15) is 11.5 Å². The molecule has 1 aromatic carbocycles. The Kier molecular flexibility index (Phi) is 7.76. The molecule has 2 rings (SSSR count). The third-order valence-electron chi connectivity index (χ3n) is 3.97. The minimum Gasteiger partial charge on any atom is -0.465 e. The summed E-state index contributed by atoms with van der Waals surface area (Å²) in [5.74, 6) is -1.97. The number of methoxy groups -OCH3 is 3. The zero-order valence-corrected chi connectivity index (χ0v) is 16.0. The lowest BCUT2D eigenvalue weighted by Crippen LogP contribution is -2.28. The van der Waals surface area contributed by atoms with E-state index in [9.17, 15) is 14.0 Å². The number of carbonyl (C=O) groups excluding carboxylic acids is 2. The van der Waals surface area contributed by atoms with Crippen LogP contribution in [-0.2, 0) is 23.8 Å². The zero-order valence-electron chi connectivity index (χ0n) is 16.0. The van der Waals surface area contributed by atoms with Gasteiger partial charge in [0, 0.05) is 26.5 Å². The van der Waals surface area contributed by atoms with Gasteiger partial charge in [0.25, 0.3) is 0 Å². The predicted octanol–water partition coefficient (Wildman–Crippen LogP) is 2.76. The maximum atomic E-state index is 14.6. The molecular weight excluding hydrogens is 367 g/mol. The van der Waals surface area contributed by atoms with Gasteiger partial charge in [0.15, 0.2) is 0 Å². The van der Waals surface area contributed by atoms with Crippen LogP contribution in [0, 0.1) is 5.82 Å². The molecule has 0 bridgehead atoms. The van der Waals surface area contributed by atoms with E-state index in [4.69, 9.17) is 14.2 Å². The molecule has 7 nitrogen and oxygen atoms in total. The summed E-state index contributed by atoms with van der Waals surface area (Å²) < 4.78 is 29.2. The average molecular weight is 390 g/mol. The Morgan fingerprint density at radius 3 is 2.54 bits per heavy atom. The maximum absolute atomic E-state index is 14.6. The minimum absolute atomic E-state index is 0.00561. The van der Waals surface area contributed by atoms with E-state index >= 15 is 0 Å². The fourth-order valence-electron chi connectivity index (χ4n) is 2.67. The van der Waals surface area contributed by atoms with Gasteiger partial charge in [0.2, 0.25) is 0 Å². The van der Waals surface area contributed by atoms with Crippen molar-refractivity contribution in [1.82, 2.24) is 0 Å². The molecule has 0 amide bonds. The lowest BCUT2D eigenvalue weighted by atomic mass is 10.1. The molecule has 0 radical (unpaired) electrons. The van der Waals surface area contributed by atoms with Crippen LogP contribution in [-0.4, -0.2) is 46.4 Å². The number of para-hydroxylation sites is 1. The smallest absolute Gasteiger partial charge is 0.355 e. The maximum Gasteiger partial charge on any atom is 0.355 e. The topological polar surface area (TPSA) is 77.1 Å². The highest BCUT2D eigenvalue weighted by Gasteiger charge is 2.29. The van der Waals surface area contributed by atoms with Gasteiger partial charge in [-0.15, -0.1) is 0 Å². The molecule has 1 N–H and O–H groups in total. The largest absolute Gasteiger partial charge is 0.465 e. The van der Waals surface area contributed by atoms with Gasteiger partial charge in [-0.05, 0) is 30.7 Å². The monoisotopic (exact) mass is 390 g/mol. The first kappa shape index (κ1) is 21.2. The van der Waals surface area contributed by atoms with Crippen LogP contribution in [0.4, 0.5) is 15.8 Å². The molecular formula is C20H23FN2O5. The van der Waals surface area contributed by atoms with Gasteiger partial charge >= 0.3 is 11.9 Å². The van der Waals surface area contributed by atoms with Gasteiger partial charge < -0.3 is 24.4 Å². The number of nitrogens with zero attached hydrogens (tertiary/aromatic N) is 1. The van der Waals surface area contributed by atoms with E-state index in [1.807, 2.05) is 0 Å². The Hall–Kier alpha value is -3.13. The van der Waals surface area contributed by atoms with Crippen LogP contribution in [0.5, 0.6) is 0 Å². The Morgan fingerprint density at radius 2 is 1.86 bits per heavy atom. The van der Waals surface area contributed by atoms with Crippen LogP contribution < -0.4 is 10.2 Å². The van der Waals surface area contributed by atoms with Gasteiger partial charge in [-0.25, -0.2) is 14.0 Å². The molecule has 0 fully saturated rings. The van der Waals surface area contributed by atoms with E-state index in [1.165, 1.54) is 37.3 Å². The zero-order chi connectivity index (χ0) is 20.5. The predicted molar refractivity (Wildman–Crippen MR) is 103 cm³/mol. The second kappa shape index (κ2) is 10.3. The van der Waals surface area contributed by atoms with Crippen LogP contribution in [0.2, 0.25) is 0 Å². The van der Waals surface area contributed by atoms with Crippen molar-refractivity contribution < 1.29 is 28.2 Å². The lowest BCUT2D eigenvalue weighted by Gasteiger charge is -2.26. The number of hydrogen-bond acceptors (Lipinski definition) is 7. The summed E-state index contributed by atoms with van der Waals surface area (Å²) in [7, 11) is 4.01. The normalized spacial score (nSPS) is 13.4. The number of benzene rings is 1. The summed E-state index contributed by atoms with van der Waals surface area (Å²) in [5.41, 5.74) is 0.453. The Labute approximate surface area is 163 Å². The summed E-state index contributed by atoms with van der Waals surface area (Å²) in [5, 5.41) is 3.03. The lowest BCUT2D eigenvalue weighted by molar-refractivity contribution is -0.139. The number of ether oxygens (including phenoxy) is 3. The summed E-state index contributed by atoms with van der Waals surface area (Å²) in [6.07, 6.45) is 6.86. The van der Waals surface area contributed by atoms with E-state index in [1.54, 1.807) is 31.5 Å². The Morgan fingerprint density at radius 1 is 1.11 bits per heavy atom. The summed E-state index contributed by atoms with van der Waals surface area (Å²) in [6.45, 7) is 0.975. The van der Waals surface area contributed by atoms with Crippen LogP contribution >= 0.6 is 0 Å². The standard InChI is InChI=1S/C20H23FN2O5/c1-26-13-7-11-22-17-15(21)9-6-10-16(17)23-12-5-4-8-14(19(24)27-2)18(23)20(25)28-3/h4-6,8-10,12,22H,7,11,13H2,1-3H3. The molecule has 0 aromatic heterocycles. The van der Waals surface area contributed by atoms with Crippen molar-refractivity contribution in [3.63, 3.8) is 0 Å². The first-order valence-corrected chi connectivity index (χ1v) is 8.61. The number of rotatable bonds is 8. The molecule has 0 spiro atoms. The molecule has 1 aliphatic heterocycles. The van der Waals surface area contributed by atoms with Crippen LogP contribution in [0.1, 0.15) is 6.42 Å². The molecule has 1 aliphatic rings. The number of nitrogens with one attached hydrogen (secondary N) is 1. The van der Waals surface area contributed by atoms with E-state index < -0.39 is 17.8 Å².